The number of aliphatic carboxylic acids is 1. The average Bonchev–Trinajstić information content (AvgIpc) is 2.43. The topological polar surface area (TPSA) is 92.0 Å². The molecule has 0 aliphatic rings. The van der Waals surface area contributed by atoms with E-state index in [0.29, 0.717) is 12.2 Å². The summed E-state index contributed by atoms with van der Waals surface area (Å²) in [5, 5.41) is 15.2. The Kier molecular flexibility index (Phi) is 3.11. The molecular formula is C9H15N3O2. The Morgan fingerprint density at radius 2 is 2.29 bits per heavy atom. The Morgan fingerprint density at radius 3 is 2.79 bits per heavy atom. The van der Waals surface area contributed by atoms with Crippen molar-refractivity contribution in [1.82, 2.24) is 10.2 Å². The molecule has 0 amide bonds. The van der Waals surface area contributed by atoms with Crippen LogP contribution in [0.2, 0.25) is 0 Å². The molecule has 78 valence electrons. The summed E-state index contributed by atoms with van der Waals surface area (Å²) in [7, 11) is 0. The van der Waals surface area contributed by atoms with E-state index >= 15 is 0 Å². The highest BCUT2D eigenvalue weighted by Gasteiger charge is 2.14. The van der Waals surface area contributed by atoms with Crippen LogP contribution < -0.4 is 5.73 Å². The fraction of sp³-hybridized carbons (Fsp3) is 0.556. The van der Waals surface area contributed by atoms with Crippen LogP contribution in [0.4, 0.5) is 5.82 Å². The lowest BCUT2D eigenvalue weighted by molar-refractivity contribution is -0.136. The molecule has 0 aliphatic carbocycles. The predicted molar refractivity (Wildman–Crippen MR) is 53.0 cm³/mol. The second-order valence-corrected chi connectivity index (χ2v) is 3.55. The molecule has 0 bridgehead atoms. The van der Waals surface area contributed by atoms with E-state index in [9.17, 15) is 4.79 Å². The molecule has 0 radical (unpaired) electrons. The fourth-order valence-corrected chi connectivity index (χ4v) is 1.47. The van der Waals surface area contributed by atoms with Crippen LogP contribution in [-0.4, -0.2) is 21.3 Å². The van der Waals surface area contributed by atoms with Crippen LogP contribution in [0.25, 0.3) is 0 Å². The molecule has 5 nitrogen and oxygen atoms in total. The molecule has 1 heterocycles. The molecule has 0 aromatic carbocycles. The first-order valence-electron chi connectivity index (χ1n) is 4.56. The summed E-state index contributed by atoms with van der Waals surface area (Å²) in [6.07, 6.45) is 0.550. The minimum atomic E-state index is -0.812. The molecule has 0 saturated heterocycles. The van der Waals surface area contributed by atoms with Crippen LogP contribution in [0, 0.1) is 0 Å². The summed E-state index contributed by atoms with van der Waals surface area (Å²) in [4.78, 5) is 10.4. The highest BCUT2D eigenvalue weighted by molar-refractivity contribution is 5.67. The van der Waals surface area contributed by atoms with Crippen molar-refractivity contribution in [2.24, 2.45) is 0 Å². The third-order valence-corrected chi connectivity index (χ3v) is 2.08. The summed E-state index contributed by atoms with van der Waals surface area (Å²) in [5.41, 5.74) is 7.43. The molecule has 1 aromatic heterocycles. The number of carboxylic acids is 1. The molecule has 14 heavy (non-hydrogen) atoms. The van der Waals surface area contributed by atoms with Crippen LogP contribution in [0.1, 0.15) is 37.4 Å². The van der Waals surface area contributed by atoms with Crippen molar-refractivity contribution in [2.75, 3.05) is 5.73 Å². The van der Waals surface area contributed by atoms with Gasteiger partial charge in [-0.3, -0.25) is 9.89 Å². The Balaban J connectivity index is 2.81. The van der Waals surface area contributed by atoms with Crippen molar-refractivity contribution in [2.45, 2.75) is 32.6 Å². The number of aromatic nitrogens is 2. The number of carboxylic acid groups (broad SMARTS) is 1. The van der Waals surface area contributed by atoms with Crippen molar-refractivity contribution < 1.29 is 9.90 Å². The van der Waals surface area contributed by atoms with E-state index in [2.05, 4.69) is 10.2 Å². The zero-order valence-electron chi connectivity index (χ0n) is 8.37. The average molecular weight is 197 g/mol. The summed E-state index contributed by atoms with van der Waals surface area (Å²) in [6, 6.07) is 0. The Bertz CT molecular complexity index is 331. The highest BCUT2D eigenvalue weighted by Crippen LogP contribution is 2.24. The summed E-state index contributed by atoms with van der Waals surface area (Å²) < 4.78 is 0. The molecule has 0 aliphatic heterocycles. The first-order valence-corrected chi connectivity index (χ1v) is 4.56. The number of anilines is 1. The second kappa shape index (κ2) is 4.13. The molecule has 5 heteroatoms. The summed E-state index contributed by atoms with van der Waals surface area (Å²) >= 11 is 0. The number of rotatable bonds is 4. The van der Waals surface area contributed by atoms with Gasteiger partial charge in [-0.1, -0.05) is 13.8 Å². The number of nitrogens with one attached hydrogen (secondary N) is 1. The molecular weight excluding hydrogens is 182 g/mol. The zero-order chi connectivity index (χ0) is 10.7. The van der Waals surface area contributed by atoms with Gasteiger partial charge < -0.3 is 10.8 Å². The minimum absolute atomic E-state index is 0.0986. The largest absolute Gasteiger partial charge is 0.481 e. The monoisotopic (exact) mass is 197 g/mol. The van der Waals surface area contributed by atoms with Crippen molar-refractivity contribution in [3.8, 4) is 0 Å². The smallest absolute Gasteiger partial charge is 0.303 e. The van der Waals surface area contributed by atoms with Crippen molar-refractivity contribution in [1.29, 1.82) is 0 Å². The van der Waals surface area contributed by atoms with Crippen LogP contribution in [-0.2, 0) is 11.2 Å². The first kappa shape index (κ1) is 10.6. The van der Waals surface area contributed by atoms with Gasteiger partial charge in [0.05, 0.1) is 6.42 Å². The van der Waals surface area contributed by atoms with E-state index in [-0.39, 0.29) is 12.3 Å². The number of hydrogen-bond donors (Lipinski definition) is 3. The molecule has 1 rings (SSSR count). The number of nitrogen functional groups attached to an aromatic ring is 1. The predicted octanol–water partition coefficient (Wildman–Crippen LogP) is 1.13. The Morgan fingerprint density at radius 1 is 1.64 bits per heavy atom. The fourth-order valence-electron chi connectivity index (χ4n) is 1.47. The SMILES string of the molecule is CC(C)c1c(N)n[nH]c1CCC(=O)O. The number of aromatic amines is 1. The highest BCUT2D eigenvalue weighted by atomic mass is 16.4. The molecule has 0 fully saturated rings. The van der Waals surface area contributed by atoms with Gasteiger partial charge in [0.15, 0.2) is 0 Å². The lowest BCUT2D eigenvalue weighted by atomic mass is 10.0. The normalized spacial score (nSPS) is 10.8. The maximum atomic E-state index is 10.4. The molecule has 0 atom stereocenters. The summed E-state index contributed by atoms with van der Waals surface area (Å²) in [6.45, 7) is 4.01. The summed E-state index contributed by atoms with van der Waals surface area (Å²) in [5.74, 6) is -0.0780. The van der Waals surface area contributed by atoms with Gasteiger partial charge in [-0.25, -0.2) is 0 Å². The van der Waals surface area contributed by atoms with Crippen LogP contribution in [0.15, 0.2) is 0 Å². The van der Waals surface area contributed by atoms with Crippen molar-refractivity contribution in [3.05, 3.63) is 11.3 Å². The van der Waals surface area contributed by atoms with Gasteiger partial charge in [-0.05, 0) is 12.3 Å². The lowest BCUT2D eigenvalue weighted by Gasteiger charge is -2.05. The number of carbonyl (C=O) groups is 1. The molecule has 0 spiro atoms. The number of H-pyrrole nitrogens is 1. The van der Waals surface area contributed by atoms with Crippen molar-refractivity contribution in [3.63, 3.8) is 0 Å². The lowest BCUT2D eigenvalue weighted by Crippen LogP contribution is -2.02. The van der Waals surface area contributed by atoms with Gasteiger partial charge in [0.25, 0.3) is 0 Å². The van der Waals surface area contributed by atoms with Gasteiger partial charge in [0, 0.05) is 11.3 Å². The quantitative estimate of drug-likeness (QED) is 0.674. The standard InChI is InChI=1S/C9H15N3O2/c1-5(2)8-6(3-4-7(13)14)11-12-9(8)10/h5H,3-4H2,1-2H3,(H,13,14)(H3,10,11,12). The molecule has 0 saturated carbocycles. The van der Waals surface area contributed by atoms with Crippen molar-refractivity contribution >= 4 is 11.8 Å². The maximum absolute atomic E-state index is 10.4. The van der Waals surface area contributed by atoms with Gasteiger partial charge in [-0.2, -0.15) is 5.10 Å². The Hall–Kier alpha value is -1.52. The van der Waals surface area contributed by atoms with Crippen LogP contribution >= 0.6 is 0 Å². The zero-order valence-corrected chi connectivity index (χ0v) is 8.37. The third kappa shape index (κ3) is 2.25. The number of nitrogens with zero attached hydrogens (tertiary/aromatic N) is 1. The molecule has 0 unspecified atom stereocenters. The number of hydrogen-bond acceptors (Lipinski definition) is 3. The van der Waals surface area contributed by atoms with Gasteiger partial charge >= 0.3 is 5.97 Å². The third-order valence-electron chi connectivity index (χ3n) is 2.08. The van der Waals surface area contributed by atoms with Gasteiger partial charge in [0.1, 0.15) is 5.82 Å². The first-order chi connectivity index (χ1) is 6.52. The molecule has 1 aromatic rings. The van der Waals surface area contributed by atoms with E-state index in [1.54, 1.807) is 0 Å². The van der Waals surface area contributed by atoms with E-state index in [0.717, 1.165) is 11.3 Å². The van der Waals surface area contributed by atoms with Gasteiger partial charge in [0.2, 0.25) is 0 Å². The van der Waals surface area contributed by atoms with Crippen LogP contribution in [0.3, 0.4) is 0 Å². The maximum Gasteiger partial charge on any atom is 0.303 e. The van der Waals surface area contributed by atoms with E-state index in [4.69, 9.17) is 10.8 Å². The second-order valence-electron chi connectivity index (χ2n) is 3.55. The van der Waals surface area contributed by atoms with Gasteiger partial charge in [-0.15, -0.1) is 0 Å². The minimum Gasteiger partial charge on any atom is -0.481 e. The van der Waals surface area contributed by atoms with E-state index < -0.39 is 5.97 Å². The molecule has 4 N–H and O–H groups in total. The number of nitrogens with two attached hydrogens (primary N) is 1. The van der Waals surface area contributed by atoms with Crippen LogP contribution in [0.5, 0.6) is 0 Å². The van der Waals surface area contributed by atoms with E-state index in [1.807, 2.05) is 13.8 Å². The Labute approximate surface area is 82.3 Å². The van der Waals surface area contributed by atoms with E-state index in [1.165, 1.54) is 0 Å². The number of aryl methyl sites for hydroxylation is 1.